The van der Waals surface area contributed by atoms with E-state index in [0.717, 1.165) is 47.5 Å². The van der Waals surface area contributed by atoms with Gasteiger partial charge in [0.2, 0.25) is 0 Å². The lowest BCUT2D eigenvalue weighted by molar-refractivity contribution is 0.0770. The summed E-state index contributed by atoms with van der Waals surface area (Å²) in [6, 6.07) is 2.71. The van der Waals surface area contributed by atoms with Crippen molar-refractivity contribution in [2.75, 3.05) is 19.6 Å². The minimum atomic E-state index is 0.608. The average Bonchev–Trinajstić information content (AvgIpc) is 2.70. The molecule has 3 rings (SSSR count). The third-order valence-electron chi connectivity index (χ3n) is 4.07. The number of pyridine rings is 1. The maximum atomic E-state index is 5.60. The summed E-state index contributed by atoms with van der Waals surface area (Å²) in [6.45, 7) is 6.11. The lowest BCUT2D eigenvalue weighted by Crippen LogP contribution is -2.50. The van der Waals surface area contributed by atoms with Crippen molar-refractivity contribution < 1.29 is 0 Å². The van der Waals surface area contributed by atoms with E-state index in [0.29, 0.717) is 6.04 Å². The highest BCUT2D eigenvalue weighted by atomic mass is 79.9. The van der Waals surface area contributed by atoms with Crippen LogP contribution in [0.2, 0.25) is 0 Å². The lowest BCUT2D eigenvalue weighted by Gasteiger charge is -2.41. The number of rotatable bonds is 5. The first-order valence-corrected chi connectivity index (χ1v) is 7.91. The first-order valence-electron chi connectivity index (χ1n) is 7.11. The fourth-order valence-corrected chi connectivity index (χ4v) is 3.14. The quantitative estimate of drug-likeness (QED) is 0.905. The number of hydrogen-bond acceptors (Lipinski definition) is 4. The Labute approximate surface area is 127 Å². The van der Waals surface area contributed by atoms with Gasteiger partial charge in [0.1, 0.15) is 5.82 Å². The van der Waals surface area contributed by atoms with Gasteiger partial charge in [-0.15, -0.1) is 0 Å². The largest absolute Gasteiger partial charge is 0.330 e. The number of fused-ring (bicyclic) bond motifs is 1. The number of imidazole rings is 1. The van der Waals surface area contributed by atoms with Crippen LogP contribution in [0.3, 0.4) is 0 Å². The van der Waals surface area contributed by atoms with Crippen molar-refractivity contribution in [3.05, 3.63) is 22.6 Å². The Kier molecular flexibility index (Phi) is 4.05. The molecule has 2 aromatic rings. The summed E-state index contributed by atoms with van der Waals surface area (Å²) >= 11 is 3.49. The van der Waals surface area contributed by atoms with Gasteiger partial charge in [-0.05, 0) is 54.9 Å². The van der Waals surface area contributed by atoms with Crippen LogP contribution in [0.25, 0.3) is 11.2 Å². The second kappa shape index (κ2) is 5.79. The van der Waals surface area contributed by atoms with Crippen LogP contribution >= 0.6 is 15.9 Å². The normalized spacial score (nSPS) is 19.4. The molecule has 0 amide bonds. The van der Waals surface area contributed by atoms with Crippen molar-refractivity contribution in [3.63, 3.8) is 0 Å². The molecule has 0 bridgehead atoms. The molecule has 0 radical (unpaired) electrons. The molecule has 1 atom stereocenters. The van der Waals surface area contributed by atoms with Gasteiger partial charge in [0.05, 0.1) is 5.52 Å². The van der Waals surface area contributed by atoms with Crippen LogP contribution in [0.4, 0.5) is 0 Å². The summed E-state index contributed by atoms with van der Waals surface area (Å²) in [6.07, 6.45) is 4.13. The van der Waals surface area contributed by atoms with Crippen molar-refractivity contribution in [2.24, 2.45) is 5.73 Å². The maximum Gasteiger partial charge on any atom is 0.177 e. The molecule has 0 aliphatic carbocycles. The number of halogens is 1. The number of likely N-dealkylation sites (tertiary alicyclic amines) is 1. The van der Waals surface area contributed by atoms with Gasteiger partial charge in [-0.3, -0.25) is 4.90 Å². The fraction of sp³-hybridized carbons (Fsp3) is 0.571. The Morgan fingerprint density at radius 3 is 3.05 bits per heavy atom. The maximum absolute atomic E-state index is 5.60. The standard InChI is InChI=1S/C14H20BrN5/c1-10-18-14-13(7-11(15)8-17-14)20(10)9-12-3-6-19(12)5-2-4-16/h7-8,12H,2-6,9,16H2,1H3/t12-/m1/s1. The topological polar surface area (TPSA) is 60.0 Å². The monoisotopic (exact) mass is 337 g/mol. The number of aromatic nitrogens is 3. The summed E-state index contributed by atoms with van der Waals surface area (Å²) in [5, 5.41) is 0. The van der Waals surface area contributed by atoms with E-state index in [4.69, 9.17) is 5.73 Å². The molecular weight excluding hydrogens is 318 g/mol. The zero-order valence-electron chi connectivity index (χ0n) is 11.7. The number of aryl methyl sites for hydroxylation is 1. The van der Waals surface area contributed by atoms with E-state index >= 15 is 0 Å². The summed E-state index contributed by atoms with van der Waals surface area (Å²) in [4.78, 5) is 11.4. The van der Waals surface area contributed by atoms with Crippen LogP contribution in [0.1, 0.15) is 18.7 Å². The molecule has 20 heavy (non-hydrogen) atoms. The molecule has 1 aliphatic rings. The van der Waals surface area contributed by atoms with Crippen molar-refractivity contribution in [1.29, 1.82) is 0 Å². The first kappa shape index (κ1) is 14.0. The smallest absolute Gasteiger partial charge is 0.177 e. The Morgan fingerprint density at radius 1 is 1.50 bits per heavy atom. The van der Waals surface area contributed by atoms with Crippen molar-refractivity contribution in [3.8, 4) is 0 Å². The van der Waals surface area contributed by atoms with Crippen LogP contribution in [-0.4, -0.2) is 45.1 Å². The minimum absolute atomic E-state index is 0.608. The second-order valence-corrected chi connectivity index (χ2v) is 6.30. The first-order chi connectivity index (χ1) is 9.69. The van der Waals surface area contributed by atoms with Crippen LogP contribution in [-0.2, 0) is 6.54 Å². The van der Waals surface area contributed by atoms with E-state index in [2.05, 4.69) is 48.4 Å². The third kappa shape index (κ3) is 2.60. The molecule has 108 valence electrons. The van der Waals surface area contributed by atoms with Crippen LogP contribution in [0.15, 0.2) is 16.7 Å². The molecule has 0 aromatic carbocycles. The molecule has 0 saturated carbocycles. The summed E-state index contributed by atoms with van der Waals surface area (Å²) < 4.78 is 3.28. The molecule has 1 fully saturated rings. The highest BCUT2D eigenvalue weighted by Gasteiger charge is 2.28. The molecule has 2 aromatic heterocycles. The lowest BCUT2D eigenvalue weighted by atomic mass is 10.0. The highest BCUT2D eigenvalue weighted by Crippen LogP contribution is 2.24. The predicted octanol–water partition coefficient (Wildman–Crippen LogP) is 1.93. The van der Waals surface area contributed by atoms with Gasteiger partial charge in [-0.25, -0.2) is 9.97 Å². The highest BCUT2D eigenvalue weighted by molar-refractivity contribution is 9.10. The zero-order chi connectivity index (χ0) is 14.1. The third-order valence-corrected chi connectivity index (χ3v) is 4.51. The van der Waals surface area contributed by atoms with Gasteiger partial charge in [0.25, 0.3) is 0 Å². The van der Waals surface area contributed by atoms with Crippen LogP contribution in [0.5, 0.6) is 0 Å². The molecule has 2 N–H and O–H groups in total. The van der Waals surface area contributed by atoms with Gasteiger partial charge in [-0.1, -0.05) is 0 Å². The van der Waals surface area contributed by atoms with E-state index in [1.165, 1.54) is 13.0 Å². The van der Waals surface area contributed by atoms with Gasteiger partial charge < -0.3 is 10.3 Å². The van der Waals surface area contributed by atoms with Crippen LogP contribution in [0, 0.1) is 6.92 Å². The van der Waals surface area contributed by atoms with Gasteiger partial charge in [0, 0.05) is 29.8 Å². The molecule has 5 nitrogen and oxygen atoms in total. The van der Waals surface area contributed by atoms with E-state index < -0.39 is 0 Å². The second-order valence-electron chi connectivity index (χ2n) is 5.39. The van der Waals surface area contributed by atoms with Crippen LogP contribution < -0.4 is 5.73 Å². The van der Waals surface area contributed by atoms with Gasteiger partial charge >= 0.3 is 0 Å². The molecule has 1 aliphatic heterocycles. The number of nitrogens with two attached hydrogens (primary N) is 1. The minimum Gasteiger partial charge on any atom is -0.330 e. The fourth-order valence-electron chi connectivity index (χ4n) is 2.83. The SMILES string of the molecule is Cc1nc2ncc(Br)cc2n1C[C@H]1CCN1CCCN. The number of nitrogens with zero attached hydrogens (tertiary/aromatic N) is 4. The van der Waals surface area contributed by atoms with E-state index in [1.54, 1.807) is 6.20 Å². The molecular formula is C14H20BrN5. The van der Waals surface area contributed by atoms with E-state index in [1.807, 2.05) is 0 Å². The van der Waals surface area contributed by atoms with Crippen molar-refractivity contribution >= 4 is 27.1 Å². The Morgan fingerprint density at radius 2 is 2.35 bits per heavy atom. The van der Waals surface area contributed by atoms with Crippen molar-refractivity contribution in [2.45, 2.75) is 32.4 Å². The van der Waals surface area contributed by atoms with Gasteiger partial charge in [0.15, 0.2) is 5.65 Å². The predicted molar refractivity (Wildman–Crippen MR) is 83.6 cm³/mol. The summed E-state index contributed by atoms with van der Waals surface area (Å²) in [5.41, 5.74) is 7.54. The zero-order valence-corrected chi connectivity index (χ0v) is 13.3. The molecule has 0 spiro atoms. The van der Waals surface area contributed by atoms with E-state index in [9.17, 15) is 0 Å². The Balaban J connectivity index is 1.80. The Bertz CT molecular complexity index is 609. The molecule has 1 saturated heterocycles. The molecule has 0 unspecified atom stereocenters. The van der Waals surface area contributed by atoms with Crippen molar-refractivity contribution in [1.82, 2.24) is 19.4 Å². The summed E-state index contributed by atoms with van der Waals surface area (Å²) in [7, 11) is 0. The van der Waals surface area contributed by atoms with E-state index in [-0.39, 0.29) is 0 Å². The Hall–Kier alpha value is -0.980. The average molecular weight is 338 g/mol. The number of hydrogen-bond donors (Lipinski definition) is 1. The molecule has 6 heteroatoms. The van der Waals surface area contributed by atoms with Gasteiger partial charge in [-0.2, -0.15) is 0 Å². The molecule has 3 heterocycles. The summed E-state index contributed by atoms with van der Waals surface area (Å²) in [5.74, 6) is 1.04.